The number of halogens is 1. The fourth-order valence-electron chi connectivity index (χ4n) is 2.47. The molecular weight excluding hydrogens is 306 g/mol. The van der Waals surface area contributed by atoms with E-state index in [1.54, 1.807) is 0 Å². The molecule has 19 heavy (non-hydrogen) atoms. The van der Waals surface area contributed by atoms with Gasteiger partial charge in [0.25, 0.3) is 0 Å². The first-order chi connectivity index (χ1) is 9.06. The van der Waals surface area contributed by atoms with E-state index >= 15 is 0 Å². The lowest BCUT2D eigenvalue weighted by atomic mass is 10.0. The first kappa shape index (κ1) is 14.6. The number of aromatic nitrogens is 1. The van der Waals surface area contributed by atoms with Gasteiger partial charge in [-0.2, -0.15) is 0 Å². The lowest BCUT2D eigenvalue weighted by molar-refractivity contribution is 0.0837. The number of pyridine rings is 1. The average Bonchev–Trinajstić information content (AvgIpc) is 2.35. The van der Waals surface area contributed by atoms with E-state index in [2.05, 4.69) is 39.7 Å². The molecule has 0 aromatic carbocycles. The van der Waals surface area contributed by atoms with Crippen LogP contribution < -0.4 is 10.6 Å². The molecule has 1 aromatic rings. The maximum Gasteiger partial charge on any atom is 0.132 e. The molecule has 2 rings (SSSR count). The summed E-state index contributed by atoms with van der Waals surface area (Å²) in [5.41, 5.74) is 6.68. The van der Waals surface area contributed by atoms with Crippen molar-refractivity contribution in [2.24, 2.45) is 5.92 Å². The molecule has 0 saturated carbocycles. The Morgan fingerprint density at radius 2 is 2.11 bits per heavy atom. The van der Waals surface area contributed by atoms with Crippen molar-refractivity contribution >= 4 is 27.4 Å². The van der Waals surface area contributed by atoms with Crippen LogP contribution in [0.15, 0.2) is 16.7 Å². The average molecular weight is 328 g/mol. The van der Waals surface area contributed by atoms with Crippen molar-refractivity contribution in [1.82, 2.24) is 4.98 Å². The molecule has 0 amide bonds. The third-order valence-electron chi connectivity index (χ3n) is 3.29. The first-order valence-corrected chi connectivity index (χ1v) is 7.63. The summed E-state index contributed by atoms with van der Waals surface area (Å²) in [6.07, 6.45) is 2.11. The second-order valence-electron chi connectivity index (χ2n) is 5.47. The summed E-state index contributed by atoms with van der Waals surface area (Å²) in [5.74, 6) is 1.55. The van der Waals surface area contributed by atoms with E-state index in [4.69, 9.17) is 10.5 Å². The van der Waals surface area contributed by atoms with Gasteiger partial charge < -0.3 is 15.4 Å². The van der Waals surface area contributed by atoms with E-state index in [-0.39, 0.29) is 0 Å². The third kappa shape index (κ3) is 4.08. The van der Waals surface area contributed by atoms with Crippen molar-refractivity contribution in [1.29, 1.82) is 0 Å². The van der Waals surface area contributed by atoms with Crippen LogP contribution in [-0.4, -0.2) is 30.8 Å². The Kier molecular flexibility index (Phi) is 5.05. The Balaban J connectivity index is 2.24. The van der Waals surface area contributed by atoms with Crippen LogP contribution >= 0.6 is 15.9 Å². The van der Waals surface area contributed by atoms with Crippen LogP contribution in [0.1, 0.15) is 26.7 Å². The van der Waals surface area contributed by atoms with Gasteiger partial charge in [0.05, 0.1) is 0 Å². The normalized spacial score (nSPS) is 16.8. The predicted molar refractivity (Wildman–Crippen MR) is 82.4 cm³/mol. The number of ether oxygens (including phenoxy) is 1. The van der Waals surface area contributed by atoms with E-state index in [0.717, 1.165) is 48.7 Å². The molecule has 4 nitrogen and oxygen atoms in total. The molecule has 2 heterocycles. The zero-order chi connectivity index (χ0) is 13.8. The molecule has 0 radical (unpaired) electrons. The number of nitrogens with two attached hydrogens (primary N) is 1. The zero-order valence-corrected chi connectivity index (χ0v) is 13.2. The summed E-state index contributed by atoms with van der Waals surface area (Å²) in [4.78, 5) is 6.97. The van der Waals surface area contributed by atoms with E-state index in [1.165, 1.54) is 0 Å². The molecular formula is C14H22BrN3O. The molecule has 1 aliphatic heterocycles. The standard InChI is InChI=1S/C14H22BrN3O/c1-10(2)9-18(12-3-5-19-6-4-12)14-8-11(16)7-13(15)17-14/h7-8,10,12H,3-6,9H2,1-2H3,(H2,16,17). The van der Waals surface area contributed by atoms with Crippen LogP contribution in [0.2, 0.25) is 0 Å². The van der Waals surface area contributed by atoms with Crippen LogP contribution in [0, 0.1) is 5.92 Å². The number of anilines is 2. The van der Waals surface area contributed by atoms with Crippen LogP contribution in [0.25, 0.3) is 0 Å². The first-order valence-electron chi connectivity index (χ1n) is 6.83. The van der Waals surface area contributed by atoms with E-state index in [1.807, 2.05) is 12.1 Å². The monoisotopic (exact) mass is 327 g/mol. The number of rotatable bonds is 4. The van der Waals surface area contributed by atoms with Crippen LogP contribution in [0.5, 0.6) is 0 Å². The highest BCUT2D eigenvalue weighted by Gasteiger charge is 2.23. The maximum absolute atomic E-state index is 5.94. The second kappa shape index (κ2) is 6.57. The Morgan fingerprint density at radius 3 is 2.68 bits per heavy atom. The van der Waals surface area contributed by atoms with E-state index in [0.29, 0.717) is 12.0 Å². The summed E-state index contributed by atoms with van der Waals surface area (Å²) in [6.45, 7) is 7.13. The van der Waals surface area contributed by atoms with Gasteiger partial charge in [-0.1, -0.05) is 13.8 Å². The number of nitrogens with zero attached hydrogens (tertiary/aromatic N) is 2. The van der Waals surface area contributed by atoms with Crippen LogP contribution in [0.4, 0.5) is 11.5 Å². The molecule has 0 atom stereocenters. The lowest BCUT2D eigenvalue weighted by Crippen LogP contribution is -2.42. The second-order valence-corrected chi connectivity index (χ2v) is 6.28. The van der Waals surface area contributed by atoms with Crippen LogP contribution in [0.3, 0.4) is 0 Å². The number of hydrogen-bond acceptors (Lipinski definition) is 4. The largest absolute Gasteiger partial charge is 0.399 e. The number of nitrogen functional groups attached to an aromatic ring is 1. The van der Waals surface area contributed by atoms with Crippen molar-refractivity contribution in [2.75, 3.05) is 30.4 Å². The minimum atomic E-state index is 0.498. The molecule has 1 aliphatic rings. The van der Waals surface area contributed by atoms with Crippen molar-refractivity contribution in [3.63, 3.8) is 0 Å². The molecule has 1 saturated heterocycles. The van der Waals surface area contributed by atoms with Crippen molar-refractivity contribution in [3.8, 4) is 0 Å². The van der Waals surface area contributed by atoms with Crippen molar-refractivity contribution in [3.05, 3.63) is 16.7 Å². The van der Waals surface area contributed by atoms with Gasteiger partial charge in [-0.15, -0.1) is 0 Å². The fraction of sp³-hybridized carbons (Fsp3) is 0.643. The molecule has 1 aromatic heterocycles. The SMILES string of the molecule is CC(C)CN(c1cc(N)cc(Br)n1)C1CCOCC1. The van der Waals surface area contributed by atoms with Gasteiger partial charge >= 0.3 is 0 Å². The third-order valence-corrected chi connectivity index (χ3v) is 3.70. The smallest absolute Gasteiger partial charge is 0.132 e. The van der Waals surface area contributed by atoms with Gasteiger partial charge in [0.1, 0.15) is 10.4 Å². The van der Waals surface area contributed by atoms with E-state index in [9.17, 15) is 0 Å². The topological polar surface area (TPSA) is 51.4 Å². The quantitative estimate of drug-likeness (QED) is 0.863. The lowest BCUT2D eigenvalue weighted by Gasteiger charge is -2.36. The highest BCUT2D eigenvalue weighted by Crippen LogP contribution is 2.26. The van der Waals surface area contributed by atoms with Crippen LogP contribution in [-0.2, 0) is 4.74 Å². The highest BCUT2D eigenvalue weighted by atomic mass is 79.9. The molecule has 0 spiro atoms. The summed E-state index contributed by atoms with van der Waals surface area (Å²) >= 11 is 3.43. The molecule has 2 N–H and O–H groups in total. The Bertz CT molecular complexity index is 399. The van der Waals surface area contributed by atoms with Gasteiger partial charge in [0.2, 0.25) is 0 Å². The zero-order valence-electron chi connectivity index (χ0n) is 11.6. The maximum atomic E-state index is 5.94. The van der Waals surface area contributed by atoms with Gasteiger partial charge in [0.15, 0.2) is 0 Å². The van der Waals surface area contributed by atoms with Gasteiger partial charge in [-0.3, -0.25) is 0 Å². The molecule has 106 valence electrons. The minimum absolute atomic E-state index is 0.498. The summed E-state index contributed by atoms with van der Waals surface area (Å²) < 4.78 is 6.25. The summed E-state index contributed by atoms with van der Waals surface area (Å²) in [5, 5.41) is 0. The van der Waals surface area contributed by atoms with Gasteiger partial charge in [0, 0.05) is 37.6 Å². The Hall–Kier alpha value is -0.810. The molecule has 0 unspecified atom stereocenters. The Morgan fingerprint density at radius 1 is 1.42 bits per heavy atom. The minimum Gasteiger partial charge on any atom is -0.399 e. The molecule has 5 heteroatoms. The summed E-state index contributed by atoms with van der Waals surface area (Å²) in [6, 6.07) is 4.29. The highest BCUT2D eigenvalue weighted by molar-refractivity contribution is 9.10. The van der Waals surface area contributed by atoms with Gasteiger partial charge in [-0.05, 0) is 40.8 Å². The molecule has 0 bridgehead atoms. The Labute approximate surface area is 123 Å². The van der Waals surface area contributed by atoms with Gasteiger partial charge in [-0.25, -0.2) is 4.98 Å². The predicted octanol–water partition coefficient (Wildman–Crippen LogP) is 3.07. The fourth-order valence-corrected chi connectivity index (χ4v) is 2.92. The van der Waals surface area contributed by atoms with E-state index < -0.39 is 0 Å². The number of hydrogen-bond donors (Lipinski definition) is 1. The summed E-state index contributed by atoms with van der Waals surface area (Å²) in [7, 11) is 0. The molecule has 0 aliphatic carbocycles. The molecule has 1 fully saturated rings. The van der Waals surface area contributed by atoms with Crippen molar-refractivity contribution < 1.29 is 4.74 Å². The van der Waals surface area contributed by atoms with Crippen molar-refractivity contribution in [2.45, 2.75) is 32.7 Å².